The molecule has 4 heteroatoms. The van der Waals surface area contributed by atoms with Gasteiger partial charge in [0, 0.05) is 41.4 Å². The largest absolute Gasteiger partial charge is 0.313 e. The molecule has 1 aliphatic rings. The normalized spacial score (nSPS) is 30.3. The second kappa shape index (κ2) is 6.61. The Morgan fingerprint density at radius 3 is 2.80 bits per heavy atom. The predicted octanol–water partition coefficient (Wildman–Crippen LogP) is 0.827. The summed E-state index contributed by atoms with van der Waals surface area (Å²) in [5.41, 5.74) is 0. The second-order valence-electron chi connectivity index (χ2n) is 4.43. The van der Waals surface area contributed by atoms with Crippen molar-refractivity contribution in [3.63, 3.8) is 0 Å². The number of likely N-dealkylation sites (tertiary alicyclic amines) is 1. The zero-order valence-corrected chi connectivity index (χ0v) is 11.0. The molecule has 3 nitrogen and oxygen atoms in total. The lowest BCUT2D eigenvalue weighted by Crippen LogP contribution is -2.47. The maximum Gasteiger partial charge on any atom is 0.0357 e. The van der Waals surface area contributed by atoms with Gasteiger partial charge in [-0.2, -0.15) is 0 Å². The molecule has 0 bridgehead atoms. The van der Waals surface area contributed by atoms with E-state index in [-0.39, 0.29) is 0 Å². The minimum Gasteiger partial charge on any atom is -0.313 e. The molecule has 3 atom stereocenters. The van der Waals surface area contributed by atoms with Gasteiger partial charge in [0.1, 0.15) is 0 Å². The summed E-state index contributed by atoms with van der Waals surface area (Å²) in [4.78, 5) is 2.52. The lowest BCUT2D eigenvalue weighted by molar-refractivity contribution is 0.144. The van der Waals surface area contributed by atoms with Crippen molar-refractivity contribution in [2.45, 2.75) is 38.8 Å². The molecule has 0 spiro atoms. The Morgan fingerprint density at radius 2 is 2.27 bits per heavy atom. The Balaban J connectivity index is 2.20. The van der Waals surface area contributed by atoms with Crippen LogP contribution in [0.3, 0.4) is 0 Å². The van der Waals surface area contributed by atoms with E-state index >= 15 is 0 Å². The summed E-state index contributed by atoms with van der Waals surface area (Å²) < 4.78 is 10.9. The fourth-order valence-electron chi connectivity index (χ4n) is 2.28. The third kappa shape index (κ3) is 4.62. The topological polar surface area (TPSA) is 32.3 Å². The number of rotatable bonds is 5. The summed E-state index contributed by atoms with van der Waals surface area (Å²) >= 11 is 0. The first-order valence-corrected chi connectivity index (χ1v) is 7.63. The molecule has 90 valence electrons. The van der Waals surface area contributed by atoms with Gasteiger partial charge in [0.2, 0.25) is 0 Å². The Morgan fingerprint density at radius 1 is 1.53 bits per heavy atom. The van der Waals surface area contributed by atoms with Crippen LogP contribution in [0.15, 0.2) is 0 Å². The van der Waals surface area contributed by atoms with Crippen molar-refractivity contribution in [3.05, 3.63) is 0 Å². The van der Waals surface area contributed by atoms with Crippen LogP contribution >= 0.6 is 0 Å². The molecule has 1 fully saturated rings. The SMILES string of the molecule is CCN1CCC(NCCS(C)=O)CC1C. The highest BCUT2D eigenvalue weighted by atomic mass is 32.2. The maximum atomic E-state index is 10.9. The van der Waals surface area contributed by atoms with Crippen molar-refractivity contribution in [2.24, 2.45) is 0 Å². The van der Waals surface area contributed by atoms with E-state index in [9.17, 15) is 4.21 Å². The highest BCUT2D eigenvalue weighted by Gasteiger charge is 2.23. The molecule has 3 unspecified atom stereocenters. The molecular weight excluding hydrogens is 208 g/mol. The molecule has 1 aliphatic heterocycles. The van der Waals surface area contributed by atoms with Crippen LogP contribution in [0, 0.1) is 0 Å². The Bertz CT molecular complexity index is 211. The predicted molar refractivity (Wildman–Crippen MR) is 66.7 cm³/mol. The van der Waals surface area contributed by atoms with Crippen LogP contribution < -0.4 is 5.32 Å². The lowest BCUT2D eigenvalue weighted by Gasteiger charge is -2.37. The standard InChI is InChI=1S/C11H24N2OS/c1-4-13-7-5-11(9-10(13)2)12-6-8-15(3)14/h10-12H,4-9H2,1-3H3. The van der Waals surface area contributed by atoms with Crippen molar-refractivity contribution in [1.29, 1.82) is 0 Å². The quantitative estimate of drug-likeness (QED) is 0.762. The summed E-state index contributed by atoms with van der Waals surface area (Å²) in [5.74, 6) is 0.780. The van der Waals surface area contributed by atoms with Crippen LogP contribution in [0.1, 0.15) is 26.7 Å². The van der Waals surface area contributed by atoms with Crippen LogP contribution in [0.2, 0.25) is 0 Å². The van der Waals surface area contributed by atoms with E-state index in [1.54, 1.807) is 6.26 Å². The smallest absolute Gasteiger partial charge is 0.0357 e. The fourth-order valence-corrected chi connectivity index (χ4v) is 2.69. The van der Waals surface area contributed by atoms with Gasteiger partial charge >= 0.3 is 0 Å². The number of hydrogen-bond donors (Lipinski definition) is 1. The highest BCUT2D eigenvalue weighted by molar-refractivity contribution is 7.84. The van der Waals surface area contributed by atoms with Gasteiger partial charge in [0.15, 0.2) is 0 Å². The fraction of sp³-hybridized carbons (Fsp3) is 1.00. The van der Waals surface area contributed by atoms with Gasteiger partial charge in [-0.15, -0.1) is 0 Å². The summed E-state index contributed by atoms with van der Waals surface area (Å²) in [7, 11) is -0.660. The molecule has 0 aromatic heterocycles. The first kappa shape index (κ1) is 13.1. The van der Waals surface area contributed by atoms with Crippen molar-refractivity contribution < 1.29 is 4.21 Å². The first-order chi connectivity index (χ1) is 7.13. The molecule has 1 heterocycles. The molecular formula is C11H24N2OS. The van der Waals surface area contributed by atoms with E-state index < -0.39 is 10.8 Å². The lowest BCUT2D eigenvalue weighted by atomic mass is 9.98. The molecule has 1 N–H and O–H groups in total. The average molecular weight is 232 g/mol. The molecule has 0 saturated carbocycles. The van der Waals surface area contributed by atoms with Crippen LogP contribution in [0.4, 0.5) is 0 Å². The van der Waals surface area contributed by atoms with Gasteiger partial charge in [-0.25, -0.2) is 0 Å². The molecule has 0 radical (unpaired) electrons. The minimum absolute atomic E-state index is 0.631. The highest BCUT2D eigenvalue weighted by Crippen LogP contribution is 2.16. The number of piperidine rings is 1. The number of nitrogens with one attached hydrogen (secondary N) is 1. The zero-order valence-electron chi connectivity index (χ0n) is 10.2. The molecule has 1 saturated heterocycles. The second-order valence-corrected chi connectivity index (χ2v) is 5.98. The van der Waals surface area contributed by atoms with Gasteiger partial charge in [0.25, 0.3) is 0 Å². The van der Waals surface area contributed by atoms with Crippen molar-refractivity contribution in [3.8, 4) is 0 Å². The molecule has 1 rings (SSSR count). The Kier molecular flexibility index (Phi) is 5.79. The van der Waals surface area contributed by atoms with Crippen LogP contribution in [0.5, 0.6) is 0 Å². The summed E-state index contributed by atoms with van der Waals surface area (Å²) in [5, 5.41) is 3.51. The van der Waals surface area contributed by atoms with Crippen LogP contribution in [-0.2, 0) is 10.8 Å². The van der Waals surface area contributed by atoms with Crippen LogP contribution in [0.25, 0.3) is 0 Å². The third-order valence-corrected chi connectivity index (χ3v) is 4.02. The summed E-state index contributed by atoms with van der Waals surface area (Å²) in [6, 6.07) is 1.32. The first-order valence-electron chi connectivity index (χ1n) is 5.91. The van der Waals surface area contributed by atoms with Gasteiger partial charge in [-0.05, 0) is 32.9 Å². The monoisotopic (exact) mass is 232 g/mol. The Hall–Kier alpha value is 0.0700. The van der Waals surface area contributed by atoms with Crippen molar-refractivity contribution in [1.82, 2.24) is 10.2 Å². The van der Waals surface area contributed by atoms with E-state index in [2.05, 4.69) is 24.1 Å². The average Bonchev–Trinajstić information content (AvgIpc) is 2.17. The molecule has 0 amide bonds. The zero-order chi connectivity index (χ0) is 11.3. The van der Waals surface area contributed by atoms with Crippen molar-refractivity contribution >= 4 is 10.8 Å². The molecule has 15 heavy (non-hydrogen) atoms. The maximum absolute atomic E-state index is 10.9. The number of nitrogens with zero attached hydrogens (tertiary/aromatic N) is 1. The summed E-state index contributed by atoms with van der Waals surface area (Å²) in [6.45, 7) is 7.78. The van der Waals surface area contributed by atoms with Gasteiger partial charge in [-0.3, -0.25) is 4.21 Å². The van der Waals surface area contributed by atoms with E-state index in [0.717, 1.165) is 18.8 Å². The van der Waals surface area contributed by atoms with Crippen LogP contribution in [-0.4, -0.2) is 52.8 Å². The molecule has 0 aromatic carbocycles. The molecule has 0 aliphatic carbocycles. The van der Waals surface area contributed by atoms with E-state index in [4.69, 9.17) is 0 Å². The van der Waals surface area contributed by atoms with E-state index in [1.165, 1.54) is 19.4 Å². The van der Waals surface area contributed by atoms with Gasteiger partial charge < -0.3 is 10.2 Å². The van der Waals surface area contributed by atoms with E-state index in [0.29, 0.717) is 12.1 Å². The van der Waals surface area contributed by atoms with E-state index in [1.807, 2.05) is 0 Å². The third-order valence-electron chi connectivity index (χ3n) is 3.24. The van der Waals surface area contributed by atoms with Gasteiger partial charge in [-0.1, -0.05) is 6.92 Å². The Labute approximate surface area is 96.1 Å². The number of hydrogen-bond acceptors (Lipinski definition) is 3. The van der Waals surface area contributed by atoms with Gasteiger partial charge in [0.05, 0.1) is 0 Å². The minimum atomic E-state index is -0.660. The molecule has 0 aromatic rings. The summed E-state index contributed by atoms with van der Waals surface area (Å²) in [6.07, 6.45) is 4.22. The van der Waals surface area contributed by atoms with Crippen molar-refractivity contribution in [2.75, 3.05) is 31.6 Å².